The maximum atomic E-state index is 12.4. The third-order valence-electron chi connectivity index (χ3n) is 3.89. The van der Waals surface area contributed by atoms with Gasteiger partial charge in [-0.25, -0.2) is 0 Å². The van der Waals surface area contributed by atoms with Crippen LogP contribution in [-0.4, -0.2) is 18.4 Å². The van der Waals surface area contributed by atoms with Crippen LogP contribution in [0, 0.1) is 5.92 Å². The Hall–Kier alpha value is -2.34. The maximum Gasteiger partial charge on any atom is 0.255 e. The molecule has 0 heterocycles. The number of ether oxygens (including phenoxy) is 1. The first-order chi connectivity index (χ1) is 12.9. The Morgan fingerprint density at radius 2 is 1.67 bits per heavy atom. The first kappa shape index (κ1) is 21.0. The minimum Gasteiger partial charge on any atom is -0.492 e. The van der Waals surface area contributed by atoms with E-state index in [4.69, 9.17) is 4.74 Å². The number of hydrogen-bond donors (Lipinski definition) is 2. The van der Waals surface area contributed by atoms with Crippen LogP contribution in [0.3, 0.4) is 0 Å². The summed E-state index contributed by atoms with van der Waals surface area (Å²) >= 11 is 3.46. The Balaban J connectivity index is 1.97. The highest BCUT2D eigenvalue weighted by molar-refractivity contribution is 9.10. The van der Waals surface area contributed by atoms with Gasteiger partial charge in [0, 0.05) is 23.4 Å². The third kappa shape index (κ3) is 6.71. The lowest BCUT2D eigenvalue weighted by Gasteiger charge is -2.11. The second kappa shape index (κ2) is 10.1. The average molecular weight is 433 g/mol. The molecule has 2 aromatic carbocycles. The molecule has 0 fully saturated rings. The van der Waals surface area contributed by atoms with Crippen LogP contribution in [0.1, 0.15) is 44.0 Å². The summed E-state index contributed by atoms with van der Waals surface area (Å²) < 4.78 is 6.49. The molecule has 0 aliphatic heterocycles. The molecule has 0 spiro atoms. The van der Waals surface area contributed by atoms with Crippen LogP contribution >= 0.6 is 15.9 Å². The number of rotatable bonds is 8. The van der Waals surface area contributed by atoms with Gasteiger partial charge in [-0.3, -0.25) is 9.59 Å². The summed E-state index contributed by atoms with van der Waals surface area (Å²) in [4.78, 5) is 23.8. The summed E-state index contributed by atoms with van der Waals surface area (Å²) in [5.74, 6) is 1.04. The topological polar surface area (TPSA) is 67.4 Å². The van der Waals surface area contributed by atoms with E-state index in [1.807, 2.05) is 0 Å². The average Bonchev–Trinajstić information content (AvgIpc) is 2.64. The van der Waals surface area contributed by atoms with E-state index in [0.29, 0.717) is 35.9 Å². The molecule has 0 aliphatic carbocycles. The molecule has 5 nitrogen and oxygen atoms in total. The fourth-order valence-electron chi connectivity index (χ4n) is 2.25. The molecule has 0 unspecified atom stereocenters. The van der Waals surface area contributed by atoms with Crippen molar-refractivity contribution in [3.8, 4) is 5.75 Å². The summed E-state index contributed by atoms with van der Waals surface area (Å²) in [7, 11) is 0. The van der Waals surface area contributed by atoms with Crippen molar-refractivity contribution in [3.05, 3.63) is 52.5 Å². The van der Waals surface area contributed by atoms with E-state index in [2.05, 4.69) is 40.4 Å². The lowest BCUT2D eigenvalue weighted by atomic mass is 10.1. The van der Waals surface area contributed by atoms with E-state index >= 15 is 0 Å². The zero-order chi connectivity index (χ0) is 19.8. The minimum absolute atomic E-state index is 0.0488. The van der Waals surface area contributed by atoms with Crippen molar-refractivity contribution < 1.29 is 14.3 Å². The van der Waals surface area contributed by atoms with Crippen LogP contribution in [0.4, 0.5) is 11.4 Å². The number of carbonyl (C=O) groups excluding carboxylic acids is 2. The SMILES string of the molecule is CCC(=O)Nc1ccc(NC(=O)c2ccc(OCCC(C)C)c(Br)c2)cc1. The normalized spacial score (nSPS) is 10.6. The monoisotopic (exact) mass is 432 g/mol. The molecule has 2 amide bonds. The van der Waals surface area contributed by atoms with E-state index in [-0.39, 0.29) is 11.8 Å². The molecule has 0 bridgehead atoms. The lowest BCUT2D eigenvalue weighted by molar-refractivity contribution is -0.115. The van der Waals surface area contributed by atoms with E-state index in [1.165, 1.54) is 0 Å². The van der Waals surface area contributed by atoms with Gasteiger partial charge in [-0.1, -0.05) is 20.8 Å². The van der Waals surface area contributed by atoms with Gasteiger partial charge >= 0.3 is 0 Å². The number of hydrogen-bond acceptors (Lipinski definition) is 3. The standard InChI is InChI=1S/C21H25BrN2O3/c1-4-20(25)23-16-6-8-17(9-7-16)24-21(26)15-5-10-19(18(22)13-15)27-12-11-14(2)3/h5-10,13-14H,4,11-12H2,1-3H3,(H,23,25)(H,24,26). The zero-order valence-corrected chi connectivity index (χ0v) is 17.4. The molecule has 2 aromatic rings. The van der Waals surface area contributed by atoms with Crippen LogP contribution in [0.15, 0.2) is 46.9 Å². The number of carbonyl (C=O) groups is 2. The second-order valence-corrected chi connectivity index (χ2v) is 7.46. The predicted molar refractivity (Wildman–Crippen MR) is 112 cm³/mol. The van der Waals surface area contributed by atoms with Gasteiger partial charge < -0.3 is 15.4 Å². The molecular weight excluding hydrogens is 408 g/mol. The lowest BCUT2D eigenvalue weighted by Crippen LogP contribution is -2.12. The maximum absolute atomic E-state index is 12.4. The fourth-order valence-corrected chi connectivity index (χ4v) is 2.75. The summed E-state index contributed by atoms with van der Waals surface area (Å²) in [6, 6.07) is 12.3. The van der Waals surface area contributed by atoms with Crippen molar-refractivity contribution in [1.29, 1.82) is 0 Å². The van der Waals surface area contributed by atoms with Crippen molar-refractivity contribution in [2.24, 2.45) is 5.92 Å². The molecular formula is C21H25BrN2O3. The van der Waals surface area contributed by atoms with Crippen molar-refractivity contribution in [1.82, 2.24) is 0 Å². The van der Waals surface area contributed by atoms with E-state index in [9.17, 15) is 9.59 Å². The highest BCUT2D eigenvalue weighted by Crippen LogP contribution is 2.27. The van der Waals surface area contributed by atoms with Gasteiger partial charge in [0.15, 0.2) is 0 Å². The summed E-state index contributed by atoms with van der Waals surface area (Å²) in [6.45, 7) is 6.73. The number of halogens is 1. The first-order valence-electron chi connectivity index (χ1n) is 9.02. The first-order valence-corrected chi connectivity index (χ1v) is 9.82. The Bertz CT molecular complexity index is 789. The molecule has 0 radical (unpaired) electrons. The number of anilines is 2. The Morgan fingerprint density at radius 3 is 2.22 bits per heavy atom. The van der Waals surface area contributed by atoms with Crippen LogP contribution in [0.5, 0.6) is 5.75 Å². The van der Waals surface area contributed by atoms with E-state index in [0.717, 1.165) is 16.6 Å². The second-order valence-electron chi connectivity index (χ2n) is 6.61. The van der Waals surface area contributed by atoms with Gasteiger partial charge in [0.1, 0.15) is 5.75 Å². The Kier molecular flexibility index (Phi) is 7.85. The van der Waals surface area contributed by atoms with Gasteiger partial charge in [0.25, 0.3) is 5.91 Å². The Morgan fingerprint density at radius 1 is 1.04 bits per heavy atom. The van der Waals surface area contributed by atoms with Crippen molar-refractivity contribution in [3.63, 3.8) is 0 Å². The highest BCUT2D eigenvalue weighted by atomic mass is 79.9. The zero-order valence-electron chi connectivity index (χ0n) is 15.8. The fraction of sp³-hybridized carbons (Fsp3) is 0.333. The van der Waals surface area contributed by atoms with Crippen LogP contribution < -0.4 is 15.4 Å². The predicted octanol–water partition coefficient (Wildman–Crippen LogP) is 5.47. The molecule has 144 valence electrons. The summed E-state index contributed by atoms with van der Waals surface area (Å²) in [6.07, 6.45) is 1.40. The van der Waals surface area contributed by atoms with Gasteiger partial charge in [-0.05, 0) is 70.7 Å². The van der Waals surface area contributed by atoms with Gasteiger partial charge in [0.05, 0.1) is 11.1 Å². The highest BCUT2D eigenvalue weighted by Gasteiger charge is 2.10. The van der Waals surface area contributed by atoms with Crippen LogP contribution in [-0.2, 0) is 4.79 Å². The quantitative estimate of drug-likeness (QED) is 0.580. The summed E-state index contributed by atoms with van der Waals surface area (Å²) in [5.41, 5.74) is 1.88. The molecule has 2 N–H and O–H groups in total. The third-order valence-corrected chi connectivity index (χ3v) is 4.51. The van der Waals surface area contributed by atoms with Crippen molar-refractivity contribution in [2.75, 3.05) is 17.2 Å². The molecule has 27 heavy (non-hydrogen) atoms. The van der Waals surface area contributed by atoms with E-state index in [1.54, 1.807) is 49.4 Å². The number of amides is 2. The molecule has 2 rings (SSSR count). The van der Waals surface area contributed by atoms with Crippen molar-refractivity contribution in [2.45, 2.75) is 33.6 Å². The smallest absolute Gasteiger partial charge is 0.255 e. The molecule has 0 aliphatic rings. The molecule has 0 aromatic heterocycles. The molecule has 0 atom stereocenters. The molecule has 0 saturated carbocycles. The van der Waals surface area contributed by atoms with Gasteiger partial charge in [0.2, 0.25) is 5.91 Å². The Labute approximate surface area is 168 Å². The van der Waals surface area contributed by atoms with E-state index < -0.39 is 0 Å². The van der Waals surface area contributed by atoms with Crippen LogP contribution in [0.25, 0.3) is 0 Å². The van der Waals surface area contributed by atoms with Gasteiger partial charge in [-0.2, -0.15) is 0 Å². The number of benzene rings is 2. The minimum atomic E-state index is -0.213. The van der Waals surface area contributed by atoms with Gasteiger partial charge in [-0.15, -0.1) is 0 Å². The largest absolute Gasteiger partial charge is 0.492 e. The molecule has 6 heteroatoms. The summed E-state index contributed by atoms with van der Waals surface area (Å²) in [5, 5.41) is 5.61. The number of nitrogens with one attached hydrogen (secondary N) is 2. The van der Waals surface area contributed by atoms with Crippen LogP contribution in [0.2, 0.25) is 0 Å². The van der Waals surface area contributed by atoms with Crippen molar-refractivity contribution >= 4 is 39.1 Å². The molecule has 0 saturated heterocycles.